The van der Waals surface area contributed by atoms with Crippen LogP contribution >= 0.6 is 11.5 Å². The van der Waals surface area contributed by atoms with Gasteiger partial charge in [-0.3, -0.25) is 0 Å². The SMILES string of the molecule is CCc1nsc(OCCC2CCNC2)n1. The fourth-order valence-corrected chi connectivity index (χ4v) is 2.35. The van der Waals surface area contributed by atoms with E-state index in [1.54, 1.807) is 0 Å². The smallest absolute Gasteiger partial charge is 0.293 e. The third-order valence-electron chi connectivity index (χ3n) is 2.68. The molecule has 0 aromatic carbocycles. The highest BCUT2D eigenvalue weighted by Crippen LogP contribution is 2.17. The summed E-state index contributed by atoms with van der Waals surface area (Å²) in [5, 5.41) is 4.07. The molecule has 1 aromatic heterocycles. The van der Waals surface area contributed by atoms with Crippen LogP contribution in [0.15, 0.2) is 0 Å². The highest BCUT2D eigenvalue weighted by atomic mass is 32.1. The summed E-state index contributed by atoms with van der Waals surface area (Å²) in [5.74, 6) is 1.67. The minimum Gasteiger partial charge on any atom is -0.469 e. The summed E-state index contributed by atoms with van der Waals surface area (Å²) < 4.78 is 9.75. The van der Waals surface area contributed by atoms with Crippen LogP contribution in [-0.2, 0) is 6.42 Å². The van der Waals surface area contributed by atoms with Crippen molar-refractivity contribution in [2.75, 3.05) is 19.7 Å². The van der Waals surface area contributed by atoms with Gasteiger partial charge in [-0.1, -0.05) is 6.92 Å². The van der Waals surface area contributed by atoms with E-state index in [1.165, 1.54) is 18.0 Å². The van der Waals surface area contributed by atoms with Crippen molar-refractivity contribution in [2.45, 2.75) is 26.2 Å². The Balaban J connectivity index is 1.68. The highest BCUT2D eigenvalue weighted by Gasteiger charge is 2.14. The van der Waals surface area contributed by atoms with E-state index in [2.05, 4.69) is 21.6 Å². The lowest BCUT2D eigenvalue weighted by molar-refractivity contribution is 0.282. The van der Waals surface area contributed by atoms with Gasteiger partial charge in [0.1, 0.15) is 5.82 Å². The van der Waals surface area contributed by atoms with Gasteiger partial charge in [0.25, 0.3) is 5.19 Å². The molecule has 1 saturated heterocycles. The maximum Gasteiger partial charge on any atom is 0.293 e. The Morgan fingerprint density at radius 2 is 2.53 bits per heavy atom. The molecule has 2 rings (SSSR count). The standard InChI is InChI=1S/C10H17N3OS/c1-2-9-12-10(15-13-9)14-6-4-8-3-5-11-7-8/h8,11H,2-7H2,1H3. The van der Waals surface area contributed by atoms with Crippen LogP contribution in [0.2, 0.25) is 0 Å². The van der Waals surface area contributed by atoms with E-state index in [0.717, 1.165) is 49.5 Å². The van der Waals surface area contributed by atoms with Crippen molar-refractivity contribution < 1.29 is 4.74 Å². The van der Waals surface area contributed by atoms with Gasteiger partial charge in [0.05, 0.1) is 6.61 Å². The number of ether oxygens (including phenoxy) is 1. The second kappa shape index (κ2) is 5.42. The van der Waals surface area contributed by atoms with E-state index in [4.69, 9.17) is 4.74 Å². The Morgan fingerprint density at radius 3 is 3.20 bits per heavy atom. The van der Waals surface area contributed by atoms with Crippen molar-refractivity contribution >= 4 is 11.5 Å². The average Bonchev–Trinajstić information content (AvgIpc) is 2.88. The molecular formula is C10H17N3OS. The molecule has 1 N–H and O–H groups in total. The second-order valence-electron chi connectivity index (χ2n) is 3.83. The zero-order valence-electron chi connectivity index (χ0n) is 9.03. The minimum absolute atomic E-state index is 0.720. The van der Waals surface area contributed by atoms with E-state index < -0.39 is 0 Å². The average molecular weight is 227 g/mol. The molecule has 0 bridgehead atoms. The maximum atomic E-state index is 5.57. The molecule has 1 unspecified atom stereocenters. The molecule has 15 heavy (non-hydrogen) atoms. The first-order chi connectivity index (χ1) is 7.38. The number of nitrogens with zero attached hydrogens (tertiary/aromatic N) is 2. The van der Waals surface area contributed by atoms with Crippen LogP contribution in [0.3, 0.4) is 0 Å². The number of hydrogen-bond donors (Lipinski definition) is 1. The summed E-state index contributed by atoms with van der Waals surface area (Å²) in [6, 6.07) is 0. The van der Waals surface area contributed by atoms with Crippen molar-refractivity contribution in [3.05, 3.63) is 5.82 Å². The Hall–Kier alpha value is -0.680. The number of aryl methyl sites for hydroxylation is 1. The van der Waals surface area contributed by atoms with E-state index >= 15 is 0 Å². The molecule has 0 amide bonds. The van der Waals surface area contributed by atoms with Crippen LogP contribution < -0.4 is 10.1 Å². The number of rotatable bonds is 5. The van der Waals surface area contributed by atoms with Crippen LogP contribution in [0.4, 0.5) is 0 Å². The van der Waals surface area contributed by atoms with Gasteiger partial charge in [-0.05, 0) is 31.8 Å². The Morgan fingerprint density at radius 1 is 1.60 bits per heavy atom. The number of nitrogens with one attached hydrogen (secondary N) is 1. The van der Waals surface area contributed by atoms with Crippen LogP contribution in [-0.4, -0.2) is 29.1 Å². The Kier molecular flexibility index (Phi) is 3.91. The lowest BCUT2D eigenvalue weighted by atomic mass is 10.1. The molecule has 1 aliphatic heterocycles. The van der Waals surface area contributed by atoms with E-state index in [9.17, 15) is 0 Å². The van der Waals surface area contributed by atoms with Gasteiger partial charge < -0.3 is 10.1 Å². The van der Waals surface area contributed by atoms with Crippen molar-refractivity contribution in [3.8, 4) is 5.19 Å². The van der Waals surface area contributed by atoms with Crippen molar-refractivity contribution in [2.24, 2.45) is 5.92 Å². The first kappa shape index (κ1) is 10.8. The Bertz CT molecular complexity index is 297. The van der Waals surface area contributed by atoms with Crippen LogP contribution in [0.5, 0.6) is 5.19 Å². The summed E-state index contributed by atoms with van der Waals surface area (Å²) >= 11 is 1.36. The predicted octanol–water partition coefficient (Wildman–Crippen LogP) is 1.48. The molecule has 2 heterocycles. The molecule has 1 aromatic rings. The molecule has 1 fully saturated rings. The molecule has 5 heteroatoms. The lowest BCUT2D eigenvalue weighted by Gasteiger charge is -2.07. The molecule has 4 nitrogen and oxygen atoms in total. The van der Waals surface area contributed by atoms with Gasteiger partial charge in [-0.2, -0.15) is 9.36 Å². The van der Waals surface area contributed by atoms with Gasteiger partial charge in [-0.25, -0.2) is 0 Å². The van der Waals surface area contributed by atoms with E-state index in [0.29, 0.717) is 0 Å². The quantitative estimate of drug-likeness (QED) is 0.827. The molecule has 0 radical (unpaired) electrons. The summed E-state index contributed by atoms with van der Waals surface area (Å²) in [6.45, 7) is 5.11. The van der Waals surface area contributed by atoms with E-state index in [-0.39, 0.29) is 0 Å². The zero-order valence-corrected chi connectivity index (χ0v) is 9.85. The van der Waals surface area contributed by atoms with Crippen molar-refractivity contribution in [3.63, 3.8) is 0 Å². The minimum atomic E-state index is 0.720. The van der Waals surface area contributed by atoms with E-state index in [1.807, 2.05) is 0 Å². The zero-order chi connectivity index (χ0) is 10.5. The van der Waals surface area contributed by atoms with Gasteiger partial charge in [0.15, 0.2) is 0 Å². The molecule has 1 aliphatic rings. The summed E-state index contributed by atoms with van der Waals surface area (Å²) in [6.07, 6.45) is 3.28. The lowest BCUT2D eigenvalue weighted by Crippen LogP contribution is -2.11. The molecule has 0 aliphatic carbocycles. The Labute approximate surface area is 94.2 Å². The topological polar surface area (TPSA) is 47.0 Å². The van der Waals surface area contributed by atoms with Crippen molar-refractivity contribution in [1.82, 2.24) is 14.7 Å². The number of aromatic nitrogens is 2. The highest BCUT2D eigenvalue weighted by molar-refractivity contribution is 7.07. The molecule has 84 valence electrons. The number of hydrogen-bond acceptors (Lipinski definition) is 5. The molecular weight excluding hydrogens is 210 g/mol. The normalized spacial score (nSPS) is 20.7. The maximum absolute atomic E-state index is 5.57. The third-order valence-corrected chi connectivity index (χ3v) is 3.35. The summed E-state index contributed by atoms with van der Waals surface area (Å²) in [5.41, 5.74) is 0. The summed E-state index contributed by atoms with van der Waals surface area (Å²) in [7, 11) is 0. The fourth-order valence-electron chi connectivity index (χ4n) is 1.71. The largest absolute Gasteiger partial charge is 0.469 e. The van der Waals surface area contributed by atoms with Crippen molar-refractivity contribution in [1.29, 1.82) is 0 Å². The molecule has 1 atom stereocenters. The monoisotopic (exact) mass is 227 g/mol. The molecule has 0 saturated carbocycles. The van der Waals surface area contributed by atoms with Gasteiger partial charge >= 0.3 is 0 Å². The van der Waals surface area contributed by atoms with Crippen LogP contribution in [0.1, 0.15) is 25.6 Å². The third kappa shape index (κ3) is 3.14. The van der Waals surface area contributed by atoms with Gasteiger partial charge in [-0.15, -0.1) is 0 Å². The first-order valence-electron chi connectivity index (χ1n) is 5.54. The summed E-state index contributed by atoms with van der Waals surface area (Å²) in [4.78, 5) is 4.26. The fraction of sp³-hybridized carbons (Fsp3) is 0.800. The molecule has 0 spiro atoms. The van der Waals surface area contributed by atoms with Gasteiger partial charge in [0.2, 0.25) is 0 Å². The van der Waals surface area contributed by atoms with Crippen LogP contribution in [0, 0.1) is 5.92 Å². The second-order valence-corrected chi connectivity index (χ2v) is 4.54. The van der Waals surface area contributed by atoms with Gasteiger partial charge in [0, 0.05) is 18.0 Å². The first-order valence-corrected chi connectivity index (χ1v) is 6.32. The predicted molar refractivity (Wildman–Crippen MR) is 60.4 cm³/mol. The van der Waals surface area contributed by atoms with Crippen LogP contribution in [0.25, 0.3) is 0 Å².